The Kier molecular flexibility index (Phi) is 4.64. The molecule has 5 aromatic carbocycles. The normalized spacial score (nSPS) is 13.3. The Bertz CT molecular complexity index is 2170. The van der Waals surface area contributed by atoms with Gasteiger partial charge in [-0.3, -0.25) is 0 Å². The fraction of sp³-hybridized carbons (Fsp3) is 0.0270. The van der Waals surface area contributed by atoms with Crippen molar-refractivity contribution in [2.24, 2.45) is 0 Å². The predicted molar refractivity (Wildman–Crippen MR) is 170 cm³/mol. The summed E-state index contributed by atoms with van der Waals surface area (Å²) in [6.07, 6.45) is 6.47. The van der Waals surface area contributed by atoms with Crippen LogP contribution in [0, 0.1) is 0 Å². The van der Waals surface area contributed by atoms with Crippen molar-refractivity contribution in [2.75, 3.05) is 16.8 Å². The van der Waals surface area contributed by atoms with Crippen LogP contribution in [-0.2, 0) is 0 Å². The molecule has 0 atom stereocenters. The first-order chi connectivity index (χ1) is 20.3. The SMILES string of the molecule is C1=Cc2c(oc3cc(N4c5ccccc5-c5ccccc5-c5c4ccc4c5ccn4-c4ccccc4)ccc23)NC1. The molecule has 7 aromatic rings. The average molecular weight is 528 g/mol. The Morgan fingerprint density at radius 2 is 1.44 bits per heavy atom. The van der Waals surface area contributed by atoms with Gasteiger partial charge < -0.3 is 19.2 Å². The smallest absolute Gasteiger partial charge is 0.201 e. The van der Waals surface area contributed by atoms with E-state index in [1.165, 1.54) is 33.2 Å². The van der Waals surface area contributed by atoms with E-state index in [1.54, 1.807) is 0 Å². The number of hydrogen-bond donors (Lipinski definition) is 1. The molecule has 2 aliphatic rings. The fourth-order valence-corrected chi connectivity index (χ4v) is 6.60. The summed E-state index contributed by atoms with van der Waals surface area (Å²) in [6.45, 7) is 0.781. The molecule has 9 rings (SSSR count). The second-order valence-electron chi connectivity index (χ2n) is 10.6. The minimum atomic E-state index is 0.781. The number of aromatic nitrogens is 1. The number of anilines is 4. The van der Waals surface area contributed by atoms with Crippen molar-refractivity contribution in [3.8, 4) is 27.9 Å². The molecule has 0 fully saturated rings. The van der Waals surface area contributed by atoms with E-state index in [-0.39, 0.29) is 0 Å². The minimum Gasteiger partial charge on any atom is -0.440 e. The second-order valence-corrected chi connectivity index (χ2v) is 10.6. The Morgan fingerprint density at radius 1 is 0.634 bits per heavy atom. The highest BCUT2D eigenvalue weighted by Crippen LogP contribution is 2.53. The van der Waals surface area contributed by atoms with Gasteiger partial charge in [-0.05, 0) is 59.7 Å². The molecule has 2 aliphatic heterocycles. The molecular formula is C37H25N3O. The Labute approximate surface area is 237 Å². The van der Waals surface area contributed by atoms with E-state index in [0.29, 0.717) is 0 Å². The molecule has 0 unspecified atom stereocenters. The van der Waals surface area contributed by atoms with Gasteiger partial charge in [0.1, 0.15) is 5.58 Å². The molecular weight excluding hydrogens is 502 g/mol. The summed E-state index contributed by atoms with van der Waals surface area (Å²) < 4.78 is 8.60. The monoisotopic (exact) mass is 527 g/mol. The van der Waals surface area contributed by atoms with Crippen LogP contribution in [0.1, 0.15) is 5.56 Å². The first-order valence-electron chi connectivity index (χ1n) is 14.0. The molecule has 0 aliphatic carbocycles. The zero-order valence-corrected chi connectivity index (χ0v) is 22.2. The second kappa shape index (κ2) is 8.51. The number of para-hydroxylation sites is 2. The lowest BCUT2D eigenvalue weighted by atomic mass is 9.93. The first-order valence-corrected chi connectivity index (χ1v) is 14.0. The van der Waals surface area contributed by atoms with Gasteiger partial charge in [-0.2, -0.15) is 0 Å². The molecule has 4 nitrogen and oxygen atoms in total. The molecule has 2 aromatic heterocycles. The number of benzene rings is 5. The van der Waals surface area contributed by atoms with Gasteiger partial charge in [-0.15, -0.1) is 0 Å². The maximum Gasteiger partial charge on any atom is 0.201 e. The van der Waals surface area contributed by atoms with Crippen molar-refractivity contribution in [2.45, 2.75) is 0 Å². The van der Waals surface area contributed by atoms with Crippen LogP contribution < -0.4 is 10.2 Å². The van der Waals surface area contributed by atoms with Gasteiger partial charge in [0.2, 0.25) is 5.88 Å². The lowest BCUT2D eigenvalue weighted by Gasteiger charge is -2.27. The van der Waals surface area contributed by atoms with Crippen LogP contribution in [0.25, 0.3) is 55.9 Å². The van der Waals surface area contributed by atoms with Crippen molar-refractivity contribution in [3.63, 3.8) is 0 Å². The van der Waals surface area contributed by atoms with Crippen LogP contribution in [0.2, 0.25) is 0 Å². The van der Waals surface area contributed by atoms with Crippen molar-refractivity contribution in [3.05, 3.63) is 133 Å². The highest BCUT2D eigenvalue weighted by molar-refractivity contribution is 6.12. The van der Waals surface area contributed by atoms with E-state index < -0.39 is 0 Å². The molecule has 0 saturated carbocycles. The zero-order chi connectivity index (χ0) is 26.9. The number of hydrogen-bond acceptors (Lipinski definition) is 3. The highest BCUT2D eigenvalue weighted by Gasteiger charge is 2.28. The molecule has 0 amide bonds. The average Bonchev–Trinajstić information content (AvgIpc) is 3.60. The number of fused-ring (bicyclic) bond motifs is 10. The summed E-state index contributed by atoms with van der Waals surface area (Å²) in [5.41, 5.74) is 12.6. The van der Waals surface area contributed by atoms with E-state index in [9.17, 15) is 0 Å². The number of nitrogens with one attached hydrogen (secondary N) is 1. The summed E-state index contributed by atoms with van der Waals surface area (Å²) >= 11 is 0. The Morgan fingerprint density at radius 3 is 2.34 bits per heavy atom. The van der Waals surface area contributed by atoms with Crippen LogP contribution in [0.5, 0.6) is 0 Å². The quantitative estimate of drug-likeness (QED) is 0.243. The van der Waals surface area contributed by atoms with E-state index in [2.05, 4.69) is 148 Å². The topological polar surface area (TPSA) is 33.3 Å². The van der Waals surface area contributed by atoms with Crippen LogP contribution in [-0.4, -0.2) is 11.1 Å². The van der Waals surface area contributed by atoms with Crippen LogP contribution >= 0.6 is 0 Å². The fourth-order valence-electron chi connectivity index (χ4n) is 6.60. The maximum absolute atomic E-state index is 6.32. The van der Waals surface area contributed by atoms with Crippen LogP contribution in [0.15, 0.2) is 132 Å². The van der Waals surface area contributed by atoms with Gasteiger partial charge in [-0.1, -0.05) is 72.8 Å². The molecule has 4 heterocycles. The summed E-state index contributed by atoms with van der Waals surface area (Å²) in [6, 6.07) is 41.4. The van der Waals surface area contributed by atoms with E-state index in [4.69, 9.17) is 4.42 Å². The lowest BCUT2D eigenvalue weighted by Crippen LogP contribution is -2.11. The van der Waals surface area contributed by atoms with E-state index >= 15 is 0 Å². The molecule has 0 bridgehead atoms. The largest absolute Gasteiger partial charge is 0.440 e. The van der Waals surface area contributed by atoms with E-state index in [0.717, 1.165) is 51.7 Å². The van der Waals surface area contributed by atoms with Crippen LogP contribution in [0.3, 0.4) is 0 Å². The van der Waals surface area contributed by atoms with Crippen molar-refractivity contribution >= 4 is 50.9 Å². The predicted octanol–water partition coefficient (Wildman–Crippen LogP) is 9.93. The minimum absolute atomic E-state index is 0.781. The van der Waals surface area contributed by atoms with Crippen molar-refractivity contribution < 1.29 is 4.42 Å². The number of furan rings is 1. The third-order valence-corrected chi connectivity index (χ3v) is 8.39. The summed E-state index contributed by atoms with van der Waals surface area (Å²) in [4.78, 5) is 2.40. The molecule has 0 radical (unpaired) electrons. The maximum atomic E-state index is 6.32. The standard InChI is InChI=1S/C37H25N3O/c1-2-9-24(10-3-1)39-22-20-31-32(39)18-19-34-36(31)29-13-5-4-11-26(29)27-12-6-7-15-33(27)40(34)25-16-17-28-30-14-8-21-38-37(30)41-35(28)23-25/h1-20,22-23,38H,21H2. The van der Waals surface area contributed by atoms with Gasteiger partial charge in [0.25, 0.3) is 0 Å². The summed E-state index contributed by atoms with van der Waals surface area (Å²) in [5.74, 6) is 0.840. The summed E-state index contributed by atoms with van der Waals surface area (Å²) in [7, 11) is 0. The van der Waals surface area contributed by atoms with Gasteiger partial charge in [0, 0.05) is 57.6 Å². The first kappa shape index (κ1) is 22.3. The van der Waals surface area contributed by atoms with Gasteiger partial charge in [-0.25, -0.2) is 0 Å². The molecule has 4 heteroatoms. The molecule has 1 N–H and O–H groups in total. The zero-order valence-electron chi connectivity index (χ0n) is 22.2. The van der Waals surface area contributed by atoms with Crippen molar-refractivity contribution in [1.82, 2.24) is 4.57 Å². The third kappa shape index (κ3) is 3.22. The molecule has 0 spiro atoms. The molecule has 194 valence electrons. The highest BCUT2D eigenvalue weighted by atomic mass is 16.3. The van der Waals surface area contributed by atoms with Gasteiger partial charge in [0.15, 0.2) is 0 Å². The molecule has 41 heavy (non-hydrogen) atoms. The Balaban J connectivity index is 1.35. The number of nitrogens with zero attached hydrogens (tertiary/aromatic N) is 2. The Hall–Kier alpha value is -5.48. The van der Waals surface area contributed by atoms with Crippen molar-refractivity contribution in [1.29, 1.82) is 0 Å². The van der Waals surface area contributed by atoms with Crippen LogP contribution in [0.4, 0.5) is 22.9 Å². The molecule has 0 saturated heterocycles. The van der Waals surface area contributed by atoms with Gasteiger partial charge in [0.05, 0.1) is 16.9 Å². The van der Waals surface area contributed by atoms with E-state index in [1.807, 2.05) is 0 Å². The lowest BCUT2D eigenvalue weighted by molar-refractivity contribution is 0.628. The van der Waals surface area contributed by atoms with Gasteiger partial charge >= 0.3 is 0 Å². The summed E-state index contributed by atoms with van der Waals surface area (Å²) in [5, 5.41) is 5.71. The third-order valence-electron chi connectivity index (χ3n) is 8.39. The number of rotatable bonds is 2.